The van der Waals surface area contributed by atoms with Gasteiger partial charge in [0, 0.05) is 19.0 Å². The second-order valence-electron chi connectivity index (χ2n) is 7.24. The van der Waals surface area contributed by atoms with Gasteiger partial charge in [-0.05, 0) is 66.6 Å². The number of ether oxygens (including phenoxy) is 1. The van der Waals surface area contributed by atoms with Crippen molar-refractivity contribution in [3.63, 3.8) is 0 Å². The van der Waals surface area contributed by atoms with Gasteiger partial charge in [0.15, 0.2) is 0 Å². The van der Waals surface area contributed by atoms with Gasteiger partial charge >= 0.3 is 0 Å². The molecule has 150 valence electrons. The Morgan fingerprint density at radius 2 is 2.10 bits per heavy atom. The lowest BCUT2D eigenvalue weighted by atomic mass is 10.0. The Bertz CT molecular complexity index is 1020. The number of pyridine rings is 1. The van der Waals surface area contributed by atoms with Crippen molar-refractivity contribution in [1.29, 1.82) is 0 Å². The van der Waals surface area contributed by atoms with Crippen molar-refractivity contribution < 1.29 is 14.6 Å². The topological polar surface area (TPSA) is 88.2 Å². The van der Waals surface area contributed by atoms with Gasteiger partial charge in [0.2, 0.25) is 5.91 Å². The molecule has 1 fully saturated rings. The maximum atomic E-state index is 12.7. The van der Waals surface area contributed by atoms with Gasteiger partial charge in [-0.1, -0.05) is 6.07 Å². The molecule has 3 aromatic rings. The number of hydrazone groups is 1. The molecule has 0 spiro atoms. The highest BCUT2D eigenvalue weighted by molar-refractivity contribution is 5.86. The van der Waals surface area contributed by atoms with Gasteiger partial charge in [0.1, 0.15) is 11.4 Å². The molecule has 1 aromatic carbocycles. The number of amides is 1. The second-order valence-corrected chi connectivity index (χ2v) is 7.24. The summed E-state index contributed by atoms with van der Waals surface area (Å²) in [6, 6.07) is 11.4. The van der Waals surface area contributed by atoms with Crippen molar-refractivity contribution in [2.24, 2.45) is 5.10 Å². The number of benzene rings is 1. The summed E-state index contributed by atoms with van der Waals surface area (Å²) in [4.78, 5) is 17.3. The zero-order valence-corrected chi connectivity index (χ0v) is 16.3. The van der Waals surface area contributed by atoms with Crippen molar-refractivity contribution >= 4 is 17.8 Å². The number of hydrogen-bond acceptors (Lipinski definition) is 5. The van der Waals surface area contributed by atoms with Crippen LogP contribution >= 0.6 is 0 Å². The summed E-state index contributed by atoms with van der Waals surface area (Å²) in [6.07, 6.45) is 8.26. The number of carbonyl (C=O) groups excluding carboxylic acids is 1. The van der Waals surface area contributed by atoms with Crippen LogP contribution in [0.1, 0.15) is 47.9 Å². The molecule has 0 radical (unpaired) electrons. The number of rotatable bonds is 8. The number of aromatic nitrogens is 2. The average Bonchev–Trinajstić information content (AvgIpc) is 3.51. The zero-order valence-electron chi connectivity index (χ0n) is 16.3. The summed E-state index contributed by atoms with van der Waals surface area (Å²) >= 11 is 0. The van der Waals surface area contributed by atoms with Gasteiger partial charge in [-0.2, -0.15) is 5.10 Å². The number of carbonyl (C=O) groups is 1. The molecule has 7 nitrogen and oxygen atoms in total. The number of imidazole rings is 1. The molecule has 0 aliphatic heterocycles. The van der Waals surface area contributed by atoms with E-state index < -0.39 is 5.92 Å². The minimum Gasteiger partial charge on any atom is -0.497 e. The predicted molar refractivity (Wildman–Crippen MR) is 110 cm³/mol. The molecule has 2 N–H and O–H groups in total. The maximum absolute atomic E-state index is 12.7. The third-order valence-electron chi connectivity index (χ3n) is 5.14. The first-order chi connectivity index (χ1) is 14.2. The monoisotopic (exact) mass is 392 g/mol. The molecule has 1 unspecified atom stereocenters. The highest BCUT2D eigenvalue weighted by Crippen LogP contribution is 2.40. The van der Waals surface area contributed by atoms with Gasteiger partial charge in [-0.15, -0.1) is 0 Å². The standard InChI is InChI=1S/C22H24N4O3/c1-29-18-7-2-15(3-8-18)12-23-25-22(28)19(10-11-27)20-14-26-13-17(16-4-5-16)6-9-21(26)24-20/h2-3,6-9,12-14,16,19,27H,4-5,10-11H2,1H3,(H,25,28)/b23-12+. The highest BCUT2D eigenvalue weighted by Gasteiger charge is 2.25. The molecule has 2 aromatic heterocycles. The largest absolute Gasteiger partial charge is 0.497 e. The summed E-state index contributed by atoms with van der Waals surface area (Å²) in [5.41, 5.74) is 6.13. The molecule has 1 amide bonds. The molecule has 2 heterocycles. The molecule has 1 aliphatic rings. The van der Waals surface area contributed by atoms with Crippen molar-refractivity contribution in [1.82, 2.24) is 14.8 Å². The molecular weight excluding hydrogens is 368 g/mol. The van der Waals surface area contributed by atoms with Crippen molar-refractivity contribution in [2.45, 2.75) is 31.1 Å². The summed E-state index contributed by atoms with van der Waals surface area (Å²) in [5, 5.41) is 13.5. The summed E-state index contributed by atoms with van der Waals surface area (Å²) in [5.74, 6) is 0.534. The smallest absolute Gasteiger partial charge is 0.249 e. The third kappa shape index (κ3) is 4.46. The molecule has 1 saturated carbocycles. The minimum atomic E-state index is -0.572. The van der Waals surface area contributed by atoms with Crippen LogP contribution in [-0.4, -0.2) is 40.3 Å². The molecule has 1 aliphatic carbocycles. The second kappa shape index (κ2) is 8.45. The van der Waals surface area contributed by atoms with Crippen molar-refractivity contribution in [3.8, 4) is 5.75 Å². The number of nitrogens with one attached hydrogen (secondary N) is 1. The third-order valence-corrected chi connectivity index (χ3v) is 5.14. The van der Waals surface area contributed by atoms with Gasteiger partial charge < -0.3 is 14.2 Å². The van der Waals surface area contributed by atoms with E-state index in [1.54, 1.807) is 13.3 Å². The zero-order chi connectivity index (χ0) is 20.2. The molecule has 0 bridgehead atoms. The Hall–Kier alpha value is -3.19. The van der Waals surface area contributed by atoms with Gasteiger partial charge in [-0.3, -0.25) is 4.79 Å². The Labute approximate surface area is 169 Å². The van der Waals surface area contributed by atoms with E-state index in [0.29, 0.717) is 11.6 Å². The highest BCUT2D eigenvalue weighted by atomic mass is 16.5. The molecule has 4 rings (SSSR count). The lowest BCUT2D eigenvalue weighted by Crippen LogP contribution is -2.26. The normalized spacial score (nSPS) is 15.0. The average molecular weight is 392 g/mol. The first-order valence-corrected chi connectivity index (χ1v) is 9.74. The van der Waals surface area contributed by atoms with E-state index in [4.69, 9.17) is 4.74 Å². The van der Waals surface area contributed by atoms with Gasteiger partial charge in [0.25, 0.3) is 0 Å². The lowest BCUT2D eigenvalue weighted by Gasteiger charge is -2.11. The Balaban J connectivity index is 1.47. The van der Waals surface area contributed by atoms with Crippen LogP contribution < -0.4 is 10.2 Å². The maximum Gasteiger partial charge on any atom is 0.249 e. The predicted octanol–water partition coefficient (Wildman–Crippen LogP) is 2.84. The van der Waals surface area contributed by atoms with E-state index in [1.165, 1.54) is 18.4 Å². The molecule has 0 saturated heterocycles. The van der Waals surface area contributed by atoms with Crippen molar-refractivity contribution in [3.05, 3.63) is 65.6 Å². The molecule has 29 heavy (non-hydrogen) atoms. The van der Waals surface area contributed by atoms with E-state index in [2.05, 4.69) is 27.8 Å². The number of nitrogens with zero attached hydrogens (tertiary/aromatic N) is 3. The summed E-state index contributed by atoms with van der Waals surface area (Å²) in [7, 11) is 1.61. The van der Waals surface area contributed by atoms with Gasteiger partial charge in [0.05, 0.1) is 24.9 Å². The Morgan fingerprint density at radius 3 is 2.79 bits per heavy atom. The first-order valence-electron chi connectivity index (χ1n) is 9.74. The van der Waals surface area contributed by atoms with Crippen LogP contribution in [-0.2, 0) is 4.79 Å². The van der Waals surface area contributed by atoms with Crippen LogP contribution in [0.25, 0.3) is 5.65 Å². The first kappa shape index (κ1) is 19.1. The number of hydrogen-bond donors (Lipinski definition) is 2. The van der Waals surface area contributed by atoms with Crippen molar-refractivity contribution in [2.75, 3.05) is 13.7 Å². The van der Waals surface area contributed by atoms with Crippen LogP contribution in [0, 0.1) is 0 Å². The summed E-state index contributed by atoms with van der Waals surface area (Å²) < 4.78 is 7.08. The Morgan fingerprint density at radius 1 is 1.31 bits per heavy atom. The van der Waals surface area contributed by atoms with Crippen LogP contribution in [0.2, 0.25) is 0 Å². The lowest BCUT2D eigenvalue weighted by molar-refractivity contribution is -0.123. The fourth-order valence-corrected chi connectivity index (χ4v) is 3.34. The van der Waals surface area contributed by atoms with E-state index in [1.807, 2.05) is 40.9 Å². The minimum absolute atomic E-state index is 0.110. The van der Waals surface area contributed by atoms with E-state index >= 15 is 0 Å². The quantitative estimate of drug-likeness (QED) is 0.456. The van der Waals surface area contributed by atoms with Crippen LogP contribution in [0.4, 0.5) is 0 Å². The fourth-order valence-electron chi connectivity index (χ4n) is 3.34. The van der Waals surface area contributed by atoms with Crippen LogP contribution in [0.5, 0.6) is 5.75 Å². The SMILES string of the molecule is COc1ccc(/C=N/NC(=O)C(CCO)c2cn3cc(C4CC4)ccc3n2)cc1. The number of aliphatic hydroxyl groups is 1. The molecular formula is C22H24N4O3. The fraction of sp³-hybridized carbons (Fsp3) is 0.318. The van der Waals surface area contributed by atoms with E-state index in [-0.39, 0.29) is 18.9 Å². The van der Waals surface area contributed by atoms with E-state index in [9.17, 15) is 9.90 Å². The number of fused-ring (bicyclic) bond motifs is 1. The molecule has 7 heteroatoms. The van der Waals surface area contributed by atoms with Gasteiger partial charge in [-0.25, -0.2) is 10.4 Å². The number of aliphatic hydroxyl groups excluding tert-OH is 1. The van der Waals surface area contributed by atoms with Crippen LogP contribution in [0.15, 0.2) is 53.9 Å². The number of methoxy groups -OCH3 is 1. The molecule has 1 atom stereocenters. The Kier molecular flexibility index (Phi) is 5.57. The summed E-state index contributed by atoms with van der Waals surface area (Å²) in [6.45, 7) is -0.110. The van der Waals surface area contributed by atoms with Crippen LogP contribution in [0.3, 0.4) is 0 Å². The van der Waals surface area contributed by atoms with E-state index in [0.717, 1.165) is 17.0 Å².